The van der Waals surface area contributed by atoms with Crippen LogP contribution < -0.4 is 5.73 Å². The van der Waals surface area contributed by atoms with Crippen molar-refractivity contribution in [2.45, 2.75) is 0 Å². The molecule has 0 fully saturated rings. The molecule has 1 heterocycles. The average molecular weight is 220 g/mol. The molecule has 8 heavy (non-hydrogen) atoms. The predicted molar refractivity (Wildman–Crippen MR) is 41.4 cm³/mol. The maximum Gasteiger partial charge on any atom is 0.0511 e. The largest absolute Gasteiger partial charge is 0.397 e. The molecule has 0 amide bonds. The van der Waals surface area contributed by atoms with Crippen LogP contribution in [-0.4, -0.2) is 4.98 Å². The number of aromatic nitrogens is 1. The molecule has 0 saturated carbocycles. The minimum Gasteiger partial charge on any atom is -0.397 e. The summed E-state index contributed by atoms with van der Waals surface area (Å²) in [6.07, 6.45) is 3.39. The lowest BCUT2D eigenvalue weighted by atomic mass is 10.4. The Hall–Kier alpha value is -0.320. The van der Waals surface area contributed by atoms with E-state index in [2.05, 4.69) is 27.6 Å². The SMILES string of the molecule is Nc1cncc(I)c1. The summed E-state index contributed by atoms with van der Waals surface area (Å²) in [5.41, 5.74) is 6.11. The second-order valence-corrected chi connectivity index (χ2v) is 2.68. The molecule has 0 radical (unpaired) electrons. The van der Waals surface area contributed by atoms with Gasteiger partial charge in [-0.15, -0.1) is 0 Å². The normalized spacial score (nSPS) is 9.12. The highest BCUT2D eigenvalue weighted by molar-refractivity contribution is 14.1. The van der Waals surface area contributed by atoms with Gasteiger partial charge < -0.3 is 5.73 Å². The zero-order valence-corrected chi connectivity index (χ0v) is 6.29. The number of nitrogens with two attached hydrogens (primary N) is 1. The minimum absolute atomic E-state index is 0.719. The zero-order chi connectivity index (χ0) is 5.98. The average Bonchev–Trinajstić information content (AvgIpc) is 1.64. The monoisotopic (exact) mass is 220 g/mol. The molecule has 0 unspecified atom stereocenters. The van der Waals surface area contributed by atoms with Gasteiger partial charge >= 0.3 is 0 Å². The number of anilines is 1. The fourth-order valence-corrected chi connectivity index (χ4v) is 0.949. The van der Waals surface area contributed by atoms with Crippen LogP contribution >= 0.6 is 22.6 Å². The molecule has 2 N–H and O–H groups in total. The van der Waals surface area contributed by atoms with Gasteiger partial charge in [0.25, 0.3) is 0 Å². The van der Waals surface area contributed by atoms with Gasteiger partial charge in [-0.3, -0.25) is 4.98 Å². The van der Waals surface area contributed by atoms with Crippen molar-refractivity contribution in [1.82, 2.24) is 4.98 Å². The first-order chi connectivity index (χ1) is 3.79. The molecule has 1 rings (SSSR count). The number of pyridine rings is 1. The molecule has 0 aliphatic heterocycles. The van der Waals surface area contributed by atoms with Crippen molar-refractivity contribution in [2.24, 2.45) is 0 Å². The Morgan fingerprint density at radius 3 is 2.62 bits per heavy atom. The Morgan fingerprint density at radius 2 is 2.25 bits per heavy atom. The van der Waals surface area contributed by atoms with Gasteiger partial charge in [-0.2, -0.15) is 0 Å². The van der Waals surface area contributed by atoms with Crippen molar-refractivity contribution >= 4 is 28.3 Å². The van der Waals surface area contributed by atoms with Crippen LogP contribution in [0.1, 0.15) is 0 Å². The number of nitrogens with zero attached hydrogens (tertiary/aromatic N) is 1. The summed E-state index contributed by atoms with van der Waals surface area (Å²) in [4.78, 5) is 3.85. The van der Waals surface area contributed by atoms with E-state index in [1.165, 1.54) is 0 Å². The van der Waals surface area contributed by atoms with E-state index in [1.54, 1.807) is 12.4 Å². The van der Waals surface area contributed by atoms with E-state index < -0.39 is 0 Å². The number of hydrogen-bond donors (Lipinski definition) is 1. The van der Waals surface area contributed by atoms with E-state index in [0.717, 1.165) is 9.26 Å². The van der Waals surface area contributed by atoms with E-state index in [9.17, 15) is 0 Å². The first-order valence-electron chi connectivity index (χ1n) is 2.15. The van der Waals surface area contributed by atoms with Crippen molar-refractivity contribution in [3.63, 3.8) is 0 Å². The topological polar surface area (TPSA) is 38.9 Å². The van der Waals surface area contributed by atoms with Crippen molar-refractivity contribution in [2.75, 3.05) is 5.73 Å². The van der Waals surface area contributed by atoms with Gasteiger partial charge in [-0.25, -0.2) is 0 Å². The molecular formula is C5H5IN2. The van der Waals surface area contributed by atoms with Crippen LogP contribution in [0.3, 0.4) is 0 Å². The Balaban J connectivity index is 3.08. The number of halogens is 1. The lowest BCUT2D eigenvalue weighted by molar-refractivity contribution is 1.31. The van der Waals surface area contributed by atoms with Crippen molar-refractivity contribution in [3.8, 4) is 0 Å². The van der Waals surface area contributed by atoms with Crippen LogP contribution in [0.15, 0.2) is 18.5 Å². The number of rotatable bonds is 0. The molecule has 0 aliphatic carbocycles. The Morgan fingerprint density at radius 1 is 1.50 bits per heavy atom. The summed E-state index contributed by atoms with van der Waals surface area (Å²) in [7, 11) is 0. The quantitative estimate of drug-likeness (QED) is 0.668. The molecule has 0 spiro atoms. The lowest BCUT2D eigenvalue weighted by Gasteiger charge is -1.88. The van der Waals surface area contributed by atoms with Gasteiger partial charge in [-0.05, 0) is 28.7 Å². The molecule has 0 saturated heterocycles. The summed E-state index contributed by atoms with van der Waals surface area (Å²) in [6.45, 7) is 0. The zero-order valence-electron chi connectivity index (χ0n) is 4.13. The van der Waals surface area contributed by atoms with Gasteiger partial charge in [0.2, 0.25) is 0 Å². The highest BCUT2D eigenvalue weighted by Gasteiger charge is 1.84. The smallest absolute Gasteiger partial charge is 0.0511 e. The van der Waals surface area contributed by atoms with Gasteiger partial charge in [0.05, 0.1) is 5.69 Å². The van der Waals surface area contributed by atoms with E-state index >= 15 is 0 Å². The third-order valence-electron chi connectivity index (χ3n) is 0.726. The van der Waals surface area contributed by atoms with E-state index in [-0.39, 0.29) is 0 Å². The number of hydrogen-bond acceptors (Lipinski definition) is 2. The van der Waals surface area contributed by atoms with Crippen LogP contribution in [0.25, 0.3) is 0 Å². The molecule has 0 bridgehead atoms. The molecule has 3 heteroatoms. The van der Waals surface area contributed by atoms with Crippen molar-refractivity contribution < 1.29 is 0 Å². The third kappa shape index (κ3) is 1.33. The second kappa shape index (κ2) is 2.30. The summed E-state index contributed by atoms with van der Waals surface area (Å²) in [6, 6.07) is 1.87. The predicted octanol–water partition coefficient (Wildman–Crippen LogP) is 1.27. The van der Waals surface area contributed by atoms with Crippen LogP contribution in [0.2, 0.25) is 0 Å². The molecular weight excluding hydrogens is 215 g/mol. The Labute approximate surface area is 61.3 Å². The van der Waals surface area contributed by atoms with E-state index in [4.69, 9.17) is 5.73 Å². The molecule has 0 aliphatic rings. The molecule has 2 nitrogen and oxygen atoms in total. The third-order valence-corrected chi connectivity index (χ3v) is 1.32. The molecule has 1 aromatic rings. The van der Waals surface area contributed by atoms with Crippen LogP contribution in [0, 0.1) is 3.57 Å². The molecule has 42 valence electrons. The fourth-order valence-electron chi connectivity index (χ4n) is 0.428. The van der Waals surface area contributed by atoms with Gasteiger partial charge in [-0.1, -0.05) is 0 Å². The van der Waals surface area contributed by atoms with Gasteiger partial charge in [0.1, 0.15) is 0 Å². The van der Waals surface area contributed by atoms with Gasteiger partial charge in [0, 0.05) is 16.0 Å². The first-order valence-corrected chi connectivity index (χ1v) is 3.23. The first kappa shape index (κ1) is 5.81. The van der Waals surface area contributed by atoms with Crippen molar-refractivity contribution in [1.29, 1.82) is 0 Å². The summed E-state index contributed by atoms with van der Waals surface area (Å²) < 4.78 is 1.07. The van der Waals surface area contributed by atoms with Crippen LogP contribution in [-0.2, 0) is 0 Å². The highest BCUT2D eigenvalue weighted by atomic mass is 127. The van der Waals surface area contributed by atoms with E-state index in [1.807, 2.05) is 6.07 Å². The Bertz CT molecular complexity index is 170. The highest BCUT2D eigenvalue weighted by Crippen LogP contribution is 2.05. The molecule has 0 atom stereocenters. The Kier molecular flexibility index (Phi) is 1.67. The second-order valence-electron chi connectivity index (χ2n) is 1.44. The maximum atomic E-state index is 5.39. The lowest BCUT2D eigenvalue weighted by Crippen LogP contribution is -1.85. The standard InChI is InChI=1S/C5H5IN2/c6-4-1-5(7)3-8-2-4/h1-3H,7H2. The molecule has 0 aromatic carbocycles. The minimum atomic E-state index is 0.719. The van der Waals surface area contributed by atoms with Gasteiger partial charge in [0.15, 0.2) is 0 Å². The fraction of sp³-hybridized carbons (Fsp3) is 0. The number of nitrogen functional groups attached to an aromatic ring is 1. The summed E-state index contributed by atoms with van der Waals surface area (Å²) >= 11 is 2.16. The van der Waals surface area contributed by atoms with E-state index in [0.29, 0.717) is 0 Å². The van der Waals surface area contributed by atoms with Crippen molar-refractivity contribution in [3.05, 3.63) is 22.0 Å². The van der Waals surface area contributed by atoms with Crippen LogP contribution in [0.5, 0.6) is 0 Å². The summed E-state index contributed by atoms with van der Waals surface area (Å²) in [5, 5.41) is 0. The maximum absolute atomic E-state index is 5.39. The summed E-state index contributed by atoms with van der Waals surface area (Å²) in [5.74, 6) is 0. The van der Waals surface area contributed by atoms with Crippen LogP contribution in [0.4, 0.5) is 5.69 Å². The molecule has 1 aromatic heterocycles.